The second kappa shape index (κ2) is 7.38. The molecule has 1 aliphatic rings. The van der Waals surface area contributed by atoms with E-state index in [-0.39, 0.29) is 0 Å². The first-order valence-corrected chi connectivity index (χ1v) is 7.96. The molecule has 3 rings (SSSR count). The summed E-state index contributed by atoms with van der Waals surface area (Å²) in [6, 6.07) is 13.9. The monoisotopic (exact) mass is 315 g/mol. The van der Waals surface area contributed by atoms with Gasteiger partial charge in [-0.05, 0) is 18.2 Å². The minimum atomic E-state index is 0.866. The Morgan fingerprint density at radius 2 is 1.91 bits per heavy atom. The molecule has 0 aliphatic carbocycles. The average molecular weight is 316 g/mol. The van der Waals surface area contributed by atoms with Crippen LogP contribution in [-0.2, 0) is 6.54 Å². The van der Waals surface area contributed by atoms with E-state index in [1.165, 1.54) is 5.56 Å². The maximum atomic E-state index is 6.24. The van der Waals surface area contributed by atoms with Crippen molar-refractivity contribution in [2.45, 2.75) is 6.54 Å². The van der Waals surface area contributed by atoms with Crippen LogP contribution in [0.2, 0.25) is 5.02 Å². The minimum absolute atomic E-state index is 0.866. The summed E-state index contributed by atoms with van der Waals surface area (Å²) in [6.07, 6.45) is 3.62. The number of rotatable bonds is 4. The molecule has 1 N–H and O–H groups in total. The van der Waals surface area contributed by atoms with Gasteiger partial charge >= 0.3 is 0 Å². The summed E-state index contributed by atoms with van der Waals surface area (Å²) in [5.41, 5.74) is 2.12. The topological polar surface area (TPSA) is 32.9 Å². The number of benzene rings is 1. The van der Waals surface area contributed by atoms with Gasteiger partial charge < -0.3 is 4.90 Å². The molecular weight excluding hydrogens is 296 g/mol. The van der Waals surface area contributed by atoms with Gasteiger partial charge in [0.2, 0.25) is 0 Å². The highest BCUT2D eigenvalue weighted by atomic mass is 35.5. The van der Waals surface area contributed by atoms with E-state index in [1.807, 2.05) is 42.6 Å². The van der Waals surface area contributed by atoms with E-state index in [1.54, 1.807) is 11.1 Å². The lowest BCUT2D eigenvalue weighted by molar-refractivity contribution is -0.918. The molecule has 1 aromatic heterocycles. The molecule has 0 radical (unpaired) electrons. The molecule has 0 saturated carbocycles. The van der Waals surface area contributed by atoms with Crippen LogP contribution in [0.1, 0.15) is 11.3 Å². The molecule has 1 saturated heterocycles. The highest BCUT2D eigenvalue weighted by Crippen LogP contribution is 2.13. The van der Waals surface area contributed by atoms with E-state index in [0.717, 1.165) is 43.4 Å². The van der Waals surface area contributed by atoms with Crippen molar-refractivity contribution in [2.75, 3.05) is 26.2 Å². The van der Waals surface area contributed by atoms with Crippen molar-refractivity contribution in [2.24, 2.45) is 5.10 Å². The Morgan fingerprint density at radius 3 is 2.64 bits per heavy atom. The molecule has 114 valence electrons. The van der Waals surface area contributed by atoms with Crippen molar-refractivity contribution in [3.8, 4) is 0 Å². The average Bonchev–Trinajstić information content (AvgIpc) is 2.57. The molecule has 0 amide bonds. The molecule has 1 fully saturated rings. The number of nitrogens with zero attached hydrogens (tertiary/aromatic N) is 3. The smallest absolute Gasteiger partial charge is 0.104 e. The number of nitrogens with one attached hydrogen (secondary N) is 1. The fraction of sp³-hybridized carbons (Fsp3) is 0.294. The summed E-state index contributed by atoms with van der Waals surface area (Å²) in [5, 5.41) is 7.50. The summed E-state index contributed by atoms with van der Waals surface area (Å²) in [7, 11) is 0. The lowest BCUT2D eigenvalue weighted by Crippen LogP contribution is -3.13. The molecule has 2 heterocycles. The van der Waals surface area contributed by atoms with Crippen molar-refractivity contribution >= 4 is 17.8 Å². The zero-order chi connectivity index (χ0) is 15.2. The van der Waals surface area contributed by atoms with E-state index in [9.17, 15) is 0 Å². The van der Waals surface area contributed by atoms with Gasteiger partial charge in [-0.1, -0.05) is 35.9 Å². The fourth-order valence-corrected chi connectivity index (χ4v) is 2.81. The summed E-state index contributed by atoms with van der Waals surface area (Å²) < 4.78 is 0. The Balaban J connectivity index is 1.50. The molecule has 2 aromatic rings. The highest BCUT2D eigenvalue weighted by molar-refractivity contribution is 6.31. The predicted octanol–water partition coefficient (Wildman–Crippen LogP) is 1.47. The van der Waals surface area contributed by atoms with Crippen LogP contribution >= 0.6 is 11.6 Å². The van der Waals surface area contributed by atoms with Gasteiger partial charge in [-0.25, -0.2) is 0 Å². The number of quaternary nitrogens is 1. The van der Waals surface area contributed by atoms with Crippen molar-refractivity contribution in [3.05, 3.63) is 64.9 Å². The molecule has 0 atom stereocenters. The van der Waals surface area contributed by atoms with Crippen LogP contribution < -0.4 is 4.90 Å². The van der Waals surface area contributed by atoms with Crippen LogP contribution in [0, 0.1) is 0 Å². The lowest BCUT2D eigenvalue weighted by atomic mass is 10.2. The van der Waals surface area contributed by atoms with Gasteiger partial charge in [0, 0.05) is 16.8 Å². The molecule has 5 heteroatoms. The number of piperazine rings is 1. The first-order valence-electron chi connectivity index (χ1n) is 7.58. The van der Waals surface area contributed by atoms with Gasteiger partial charge in [0.15, 0.2) is 0 Å². The van der Waals surface area contributed by atoms with E-state index in [2.05, 4.69) is 21.2 Å². The molecule has 4 nitrogen and oxygen atoms in total. The Morgan fingerprint density at radius 1 is 1.14 bits per heavy atom. The Bertz CT molecular complexity index is 622. The molecular formula is C17H20ClN4+. The van der Waals surface area contributed by atoms with Crippen LogP contribution in [-0.4, -0.2) is 42.4 Å². The predicted molar refractivity (Wildman–Crippen MR) is 89.3 cm³/mol. The van der Waals surface area contributed by atoms with E-state index < -0.39 is 0 Å². The van der Waals surface area contributed by atoms with Crippen molar-refractivity contribution in [1.82, 2.24) is 9.99 Å². The normalized spacial score (nSPS) is 16.3. The highest BCUT2D eigenvalue weighted by Gasteiger charge is 2.19. The van der Waals surface area contributed by atoms with Crippen molar-refractivity contribution in [3.63, 3.8) is 0 Å². The minimum Gasteiger partial charge on any atom is -0.328 e. The molecule has 0 spiro atoms. The first kappa shape index (κ1) is 15.0. The number of hydrogen-bond donors (Lipinski definition) is 1. The summed E-state index contributed by atoms with van der Waals surface area (Å²) in [6.45, 7) is 5.05. The van der Waals surface area contributed by atoms with E-state index >= 15 is 0 Å². The van der Waals surface area contributed by atoms with Gasteiger partial charge in [-0.3, -0.25) is 9.99 Å². The number of hydrazone groups is 1. The fourth-order valence-electron chi connectivity index (χ4n) is 2.61. The third kappa shape index (κ3) is 4.06. The van der Waals surface area contributed by atoms with Crippen LogP contribution in [0.25, 0.3) is 0 Å². The van der Waals surface area contributed by atoms with Gasteiger partial charge in [0.05, 0.1) is 38.1 Å². The molecule has 0 bridgehead atoms. The van der Waals surface area contributed by atoms with Crippen LogP contribution in [0.15, 0.2) is 53.8 Å². The molecule has 0 unspecified atom stereocenters. The number of aromatic nitrogens is 1. The number of halogens is 1. The van der Waals surface area contributed by atoms with Gasteiger partial charge in [0.1, 0.15) is 6.54 Å². The number of pyridine rings is 1. The third-order valence-electron chi connectivity index (χ3n) is 3.89. The molecule has 22 heavy (non-hydrogen) atoms. The number of hydrogen-bond acceptors (Lipinski definition) is 3. The quantitative estimate of drug-likeness (QED) is 0.867. The van der Waals surface area contributed by atoms with Crippen LogP contribution in [0.5, 0.6) is 0 Å². The summed E-state index contributed by atoms with van der Waals surface area (Å²) in [5.74, 6) is 0. The Kier molecular flexibility index (Phi) is 5.03. The van der Waals surface area contributed by atoms with Gasteiger partial charge in [-0.2, -0.15) is 5.10 Å². The largest absolute Gasteiger partial charge is 0.328 e. The van der Waals surface area contributed by atoms with Gasteiger partial charge in [0.25, 0.3) is 0 Å². The molecule has 1 aromatic carbocycles. The first-order chi connectivity index (χ1) is 10.8. The van der Waals surface area contributed by atoms with E-state index in [0.29, 0.717) is 0 Å². The third-order valence-corrected chi connectivity index (χ3v) is 4.26. The maximum Gasteiger partial charge on any atom is 0.104 e. The van der Waals surface area contributed by atoms with Crippen molar-refractivity contribution in [1.29, 1.82) is 0 Å². The summed E-state index contributed by atoms with van der Waals surface area (Å²) >= 11 is 6.24. The standard InChI is InChI=1S/C17H19ClN4/c18-17-7-2-1-5-15(17)14-21-9-11-22(12-10-21)20-13-16-6-3-4-8-19-16/h1-8,13H,9-12,14H2/p+1/b20-13-. The zero-order valence-electron chi connectivity index (χ0n) is 12.5. The van der Waals surface area contributed by atoms with Crippen LogP contribution in [0.4, 0.5) is 0 Å². The van der Waals surface area contributed by atoms with Gasteiger partial charge in [-0.15, -0.1) is 0 Å². The maximum absolute atomic E-state index is 6.24. The molecule has 1 aliphatic heterocycles. The van der Waals surface area contributed by atoms with Crippen molar-refractivity contribution < 1.29 is 4.90 Å². The van der Waals surface area contributed by atoms with E-state index in [4.69, 9.17) is 11.6 Å². The van der Waals surface area contributed by atoms with Crippen LogP contribution in [0.3, 0.4) is 0 Å². The lowest BCUT2D eigenvalue weighted by Gasteiger charge is -2.30. The zero-order valence-corrected chi connectivity index (χ0v) is 13.2. The summed E-state index contributed by atoms with van der Waals surface area (Å²) in [4.78, 5) is 5.80. The second-order valence-electron chi connectivity index (χ2n) is 5.47. The second-order valence-corrected chi connectivity index (χ2v) is 5.88. The Labute approximate surface area is 136 Å². The SMILES string of the molecule is Clc1ccccc1C[NH+]1CCN(/N=C\c2ccccn2)CC1. The Hall–Kier alpha value is -1.91.